The van der Waals surface area contributed by atoms with Crippen molar-refractivity contribution in [1.29, 1.82) is 0 Å². The summed E-state index contributed by atoms with van der Waals surface area (Å²) in [5.74, 6) is -1.25. The van der Waals surface area contributed by atoms with E-state index in [9.17, 15) is 14.8 Å². The lowest BCUT2D eigenvalue weighted by Gasteiger charge is -2.16. The first kappa shape index (κ1) is 13.1. The standard InChI is InChI=1S/C13H17BO4/c1-9(12(15)16)7-10-3-2-4-11(8-10)13(5-6-13)14(17)18/h2-4,8-9,17-18H,5-7H2,1H3,(H,15,16)/t9-/m0/s1. The van der Waals surface area contributed by atoms with Crippen LogP contribution in [0.25, 0.3) is 0 Å². The second-order valence-electron chi connectivity index (χ2n) is 5.17. The van der Waals surface area contributed by atoms with Gasteiger partial charge in [-0.2, -0.15) is 0 Å². The van der Waals surface area contributed by atoms with Gasteiger partial charge in [0.2, 0.25) is 0 Å². The van der Waals surface area contributed by atoms with Crippen LogP contribution in [0, 0.1) is 5.92 Å². The van der Waals surface area contributed by atoms with Gasteiger partial charge < -0.3 is 15.2 Å². The fourth-order valence-corrected chi connectivity index (χ4v) is 2.28. The van der Waals surface area contributed by atoms with Gasteiger partial charge in [-0.15, -0.1) is 0 Å². The van der Waals surface area contributed by atoms with Crippen LogP contribution in [0.15, 0.2) is 24.3 Å². The van der Waals surface area contributed by atoms with Gasteiger partial charge in [0, 0.05) is 5.31 Å². The summed E-state index contributed by atoms with van der Waals surface area (Å²) in [5.41, 5.74) is 1.82. The highest BCUT2D eigenvalue weighted by molar-refractivity contribution is 6.47. The van der Waals surface area contributed by atoms with E-state index in [4.69, 9.17) is 5.11 Å². The maximum atomic E-state index is 10.8. The van der Waals surface area contributed by atoms with E-state index < -0.39 is 24.3 Å². The summed E-state index contributed by atoms with van der Waals surface area (Å²) in [6.07, 6.45) is 1.99. The Hall–Kier alpha value is -1.33. The van der Waals surface area contributed by atoms with Gasteiger partial charge in [0.1, 0.15) is 0 Å². The van der Waals surface area contributed by atoms with Crippen molar-refractivity contribution in [2.45, 2.75) is 31.5 Å². The molecule has 1 aliphatic rings. The van der Waals surface area contributed by atoms with Crippen molar-refractivity contribution in [1.82, 2.24) is 0 Å². The minimum atomic E-state index is -1.34. The molecule has 0 radical (unpaired) electrons. The van der Waals surface area contributed by atoms with Gasteiger partial charge >= 0.3 is 13.1 Å². The predicted molar refractivity (Wildman–Crippen MR) is 68.0 cm³/mol. The largest absolute Gasteiger partial charge is 0.481 e. The number of hydrogen-bond donors (Lipinski definition) is 3. The molecule has 0 unspecified atom stereocenters. The number of carbonyl (C=O) groups is 1. The molecule has 96 valence electrons. The van der Waals surface area contributed by atoms with Gasteiger partial charge in [-0.3, -0.25) is 4.79 Å². The molecule has 1 aromatic rings. The Bertz CT molecular complexity index is 454. The molecule has 1 aromatic carbocycles. The van der Waals surface area contributed by atoms with Gasteiger partial charge in [0.25, 0.3) is 0 Å². The second kappa shape index (κ2) is 4.74. The van der Waals surface area contributed by atoms with Gasteiger partial charge in [-0.1, -0.05) is 31.2 Å². The Morgan fingerprint density at radius 1 is 1.44 bits per heavy atom. The minimum Gasteiger partial charge on any atom is -0.481 e. The van der Waals surface area contributed by atoms with E-state index in [0.29, 0.717) is 6.42 Å². The summed E-state index contributed by atoms with van der Waals surface area (Å²) < 4.78 is 0. The second-order valence-corrected chi connectivity index (χ2v) is 5.17. The molecule has 5 heteroatoms. The molecule has 0 heterocycles. The minimum absolute atomic E-state index is 0.436. The molecule has 0 bridgehead atoms. The molecule has 1 saturated carbocycles. The zero-order valence-electron chi connectivity index (χ0n) is 10.3. The maximum absolute atomic E-state index is 10.8. The van der Waals surface area contributed by atoms with Crippen molar-refractivity contribution in [2.24, 2.45) is 5.92 Å². The van der Waals surface area contributed by atoms with Gasteiger partial charge in [-0.25, -0.2) is 0 Å². The SMILES string of the molecule is C[C@@H](Cc1cccc(C2(B(O)O)CC2)c1)C(=O)O. The van der Waals surface area contributed by atoms with Crippen molar-refractivity contribution < 1.29 is 19.9 Å². The lowest BCUT2D eigenvalue weighted by atomic mass is 9.65. The fourth-order valence-electron chi connectivity index (χ4n) is 2.28. The van der Waals surface area contributed by atoms with E-state index in [0.717, 1.165) is 24.0 Å². The topological polar surface area (TPSA) is 77.8 Å². The summed E-state index contributed by atoms with van der Waals surface area (Å²) >= 11 is 0. The van der Waals surface area contributed by atoms with Gasteiger partial charge in [0.05, 0.1) is 5.92 Å². The molecule has 2 rings (SSSR count). The van der Waals surface area contributed by atoms with Crippen LogP contribution in [0.3, 0.4) is 0 Å². The zero-order chi connectivity index (χ0) is 13.3. The Labute approximate surface area is 106 Å². The van der Waals surface area contributed by atoms with Crippen LogP contribution in [-0.4, -0.2) is 28.2 Å². The molecular weight excluding hydrogens is 231 g/mol. The molecule has 1 aliphatic carbocycles. The fraction of sp³-hybridized carbons (Fsp3) is 0.462. The normalized spacial score (nSPS) is 18.2. The third-order valence-electron chi connectivity index (χ3n) is 3.75. The van der Waals surface area contributed by atoms with E-state index in [1.807, 2.05) is 24.3 Å². The summed E-state index contributed by atoms with van der Waals surface area (Å²) in [7, 11) is -1.34. The first-order chi connectivity index (χ1) is 8.45. The van der Waals surface area contributed by atoms with E-state index in [1.165, 1.54) is 0 Å². The number of benzene rings is 1. The van der Waals surface area contributed by atoms with Crippen molar-refractivity contribution in [2.75, 3.05) is 0 Å². The first-order valence-corrected chi connectivity index (χ1v) is 6.14. The summed E-state index contributed by atoms with van der Waals surface area (Å²) in [6.45, 7) is 1.67. The van der Waals surface area contributed by atoms with Crippen LogP contribution in [-0.2, 0) is 16.5 Å². The van der Waals surface area contributed by atoms with Crippen LogP contribution in [0.5, 0.6) is 0 Å². The molecule has 0 amide bonds. The molecule has 0 saturated heterocycles. The molecule has 18 heavy (non-hydrogen) atoms. The summed E-state index contributed by atoms with van der Waals surface area (Å²) in [4.78, 5) is 10.8. The van der Waals surface area contributed by atoms with Crippen molar-refractivity contribution in [3.8, 4) is 0 Å². The van der Waals surface area contributed by atoms with Crippen LogP contribution in [0.4, 0.5) is 0 Å². The number of hydrogen-bond acceptors (Lipinski definition) is 3. The molecule has 3 N–H and O–H groups in total. The quantitative estimate of drug-likeness (QED) is 0.679. The number of aliphatic carboxylic acids is 1. The number of carboxylic acids is 1. The third-order valence-corrected chi connectivity index (χ3v) is 3.75. The first-order valence-electron chi connectivity index (χ1n) is 6.14. The average Bonchev–Trinajstić information content (AvgIpc) is 3.10. The average molecular weight is 248 g/mol. The van der Waals surface area contributed by atoms with E-state index >= 15 is 0 Å². The Balaban J connectivity index is 2.18. The van der Waals surface area contributed by atoms with E-state index in [2.05, 4.69) is 0 Å². The molecule has 0 aromatic heterocycles. The van der Waals surface area contributed by atoms with Crippen LogP contribution in [0.1, 0.15) is 30.9 Å². The predicted octanol–water partition coefficient (Wildman–Crippen LogP) is 0.993. The van der Waals surface area contributed by atoms with Crippen LogP contribution < -0.4 is 0 Å². The maximum Gasteiger partial charge on any atom is 0.462 e. The molecule has 0 aliphatic heterocycles. The Morgan fingerprint density at radius 3 is 2.61 bits per heavy atom. The highest BCUT2D eigenvalue weighted by atomic mass is 16.4. The molecule has 0 spiro atoms. The zero-order valence-corrected chi connectivity index (χ0v) is 10.3. The Kier molecular flexibility index (Phi) is 3.46. The van der Waals surface area contributed by atoms with Crippen molar-refractivity contribution in [3.05, 3.63) is 35.4 Å². The van der Waals surface area contributed by atoms with E-state index in [1.54, 1.807) is 6.92 Å². The molecule has 1 fully saturated rings. The summed E-state index contributed by atoms with van der Waals surface area (Å²) in [5, 5.41) is 27.2. The highest BCUT2D eigenvalue weighted by Gasteiger charge is 2.53. The number of rotatable bonds is 5. The Morgan fingerprint density at radius 2 is 2.11 bits per heavy atom. The molecule has 4 nitrogen and oxygen atoms in total. The smallest absolute Gasteiger partial charge is 0.462 e. The van der Waals surface area contributed by atoms with Crippen molar-refractivity contribution in [3.63, 3.8) is 0 Å². The lowest BCUT2D eigenvalue weighted by Crippen LogP contribution is -2.31. The monoisotopic (exact) mass is 248 g/mol. The number of carboxylic acid groups (broad SMARTS) is 1. The highest BCUT2D eigenvalue weighted by Crippen LogP contribution is 2.49. The lowest BCUT2D eigenvalue weighted by molar-refractivity contribution is -0.141. The third kappa shape index (κ3) is 2.42. The van der Waals surface area contributed by atoms with Crippen LogP contribution in [0.2, 0.25) is 0 Å². The van der Waals surface area contributed by atoms with Crippen LogP contribution >= 0.6 is 0 Å². The summed E-state index contributed by atoms with van der Waals surface area (Å²) in [6, 6.07) is 7.50. The molecular formula is C13H17BO4. The molecule has 1 atom stereocenters. The van der Waals surface area contributed by atoms with E-state index in [-0.39, 0.29) is 0 Å². The van der Waals surface area contributed by atoms with Crippen molar-refractivity contribution >= 4 is 13.1 Å². The van der Waals surface area contributed by atoms with Gasteiger partial charge in [-0.05, 0) is 30.4 Å². The van der Waals surface area contributed by atoms with Gasteiger partial charge in [0.15, 0.2) is 0 Å².